The minimum Gasteiger partial charge on any atom is -0.454 e. The number of rotatable bonds is 2. The molecule has 0 saturated heterocycles. The molecule has 0 saturated carbocycles. The number of thiophene rings is 1. The van der Waals surface area contributed by atoms with Gasteiger partial charge in [-0.1, -0.05) is 19.9 Å². The molecule has 2 aromatic rings. The highest BCUT2D eigenvalue weighted by molar-refractivity contribution is 7.16. The molecule has 2 aliphatic heterocycles. The van der Waals surface area contributed by atoms with Crippen molar-refractivity contribution in [2.75, 3.05) is 11.7 Å². The van der Waals surface area contributed by atoms with E-state index in [1.807, 2.05) is 18.2 Å². The molecule has 0 radical (unpaired) electrons. The first kappa shape index (κ1) is 21.4. The summed E-state index contributed by atoms with van der Waals surface area (Å²) in [5, 5.41) is 10.8. The lowest BCUT2D eigenvalue weighted by molar-refractivity contribution is -0.120. The molecule has 6 nitrogen and oxygen atoms in total. The predicted octanol–water partition coefficient (Wildman–Crippen LogP) is 5.39. The van der Waals surface area contributed by atoms with E-state index in [1.54, 1.807) is 16.2 Å². The summed E-state index contributed by atoms with van der Waals surface area (Å²) in [4.78, 5) is 30.3. The smallest absolute Gasteiger partial charge is 0.232 e. The van der Waals surface area contributed by atoms with Gasteiger partial charge in [0.2, 0.25) is 12.7 Å². The maximum absolute atomic E-state index is 13.8. The van der Waals surface area contributed by atoms with Gasteiger partial charge in [-0.15, -0.1) is 11.3 Å². The Labute approximate surface area is 202 Å². The van der Waals surface area contributed by atoms with Crippen LogP contribution in [0.5, 0.6) is 11.5 Å². The Kier molecular flexibility index (Phi) is 4.86. The fraction of sp³-hybridized carbons (Fsp3) is 0.444. The highest BCUT2D eigenvalue weighted by Gasteiger charge is 2.45. The van der Waals surface area contributed by atoms with Crippen molar-refractivity contribution in [1.29, 1.82) is 5.26 Å². The first-order valence-corrected chi connectivity index (χ1v) is 12.7. The van der Waals surface area contributed by atoms with Crippen LogP contribution in [0.3, 0.4) is 0 Å². The second-order valence-electron chi connectivity index (χ2n) is 10.4. The molecule has 7 heteroatoms. The van der Waals surface area contributed by atoms with Crippen molar-refractivity contribution < 1.29 is 19.1 Å². The van der Waals surface area contributed by atoms with Crippen LogP contribution in [0.2, 0.25) is 0 Å². The first-order chi connectivity index (χ1) is 16.4. The van der Waals surface area contributed by atoms with E-state index >= 15 is 0 Å². The maximum atomic E-state index is 13.8. The normalized spacial score (nSPS) is 23.0. The third-order valence-electron chi connectivity index (χ3n) is 7.41. The average Bonchev–Trinajstić information content (AvgIpc) is 3.41. The predicted molar refractivity (Wildman–Crippen MR) is 128 cm³/mol. The van der Waals surface area contributed by atoms with Gasteiger partial charge >= 0.3 is 0 Å². The summed E-state index contributed by atoms with van der Waals surface area (Å²) in [5.74, 6) is 1.04. The summed E-state index contributed by atoms with van der Waals surface area (Å²) in [6.07, 6.45) is 5.27. The number of fused-ring (bicyclic) bond motifs is 2. The van der Waals surface area contributed by atoms with E-state index in [9.17, 15) is 14.9 Å². The average molecular weight is 475 g/mol. The number of nitriles is 1. The quantitative estimate of drug-likeness (QED) is 0.583. The van der Waals surface area contributed by atoms with Gasteiger partial charge in [0.25, 0.3) is 0 Å². The molecule has 1 aromatic carbocycles. The van der Waals surface area contributed by atoms with E-state index in [2.05, 4.69) is 19.9 Å². The van der Waals surface area contributed by atoms with Gasteiger partial charge in [0, 0.05) is 34.9 Å². The molecule has 1 unspecified atom stereocenters. The Morgan fingerprint density at radius 1 is 1.12 bits per heavy atom. The van der Waals surface area contributed by atoms with E-state index in [4.69, 9.17) is 9.47 Å². The van der Waals surface area contributed by atoms with E-state index in [0.29, 0.717) is 40.5 Å². The van der Waals surface area contributed by atoms with Gasteiger partial charge in [0.1, 0.15) is 11.1 Å². The number of allylic oxidation sites excluding steroid dienone is 2. The van der Waals surface area contributed by atoms with Crippen LogP contribution in [0.15, 0.2) is 29.5 Å². The van der Waals surface area contributed by atoms with Crippen LogP contribution in [0.1, 0.15) is 73.4 Å². The molecule has 1 amide bonds. The highest BCUT2D eigenvalue weighted by Crippen LogP contribution is 2.51. The van der Waals surface area contributed by atoms with Crippen LogP contribution in [-0.4, -0.2) is 18.5 Å². The van der Waals surface area contributed by atoms with Crippen LogP contribution in [-0.2, 0) is 22.4 Å². The van der Waals surface area contributed by atoms with Gasteiger partial charge in [-0.25, -0.2) is 0 Å². The molecular weight excluding hydrogens is 448 g/mol. The molecule has 0 spiro atoms. The minimum atomic E-state index is -0.322. The number of nitrogens with zero attached hydrogens (tertiary/aromatic N) is 2. The van der Waals surface area contributed by atoms with Crippen molar-refractivity contribution >= 4 is 28.0 Å². The fourth-order valence-corrected chi connectivity index (χ4v) is 7.27. The molecule has 1 atom stereocenters. The molecule has 2 aliphatic carbocycles. The summed E-state index contributed by atoms with van der Waals surface area (Å²) < 4.78 is 11.0. The number of anilines is 1. The zero-order valence-corrected chi connectivity index (χ0v) is 20.2. The Morgan fingerprint density at radius 2 is 1.91 bits per heavy atom. The zero-order chi connectivity index (χ0) is 23.6. The number of aryl methyl sites for hydroxylation is 1. The van der Waals surface area contributed by atoms with Gasteiger partial charge in [-0.3, -0.25) is 14.5 Å². The van der Waals surface area contributed by atoms with E-state index in [0.717, 1.165) is 42.5 Å². The SMILES string of the molecule is CC1(C)CC(=O)C2=C(C1)N(c1sc3c(c1C#N)CCCC3)C(=O)CC2c1ccc2c(c1)OCO2. The first-order valence-electron chi connectivity index (χ1n) is 11.9. The van der Waals surface area contributed by atoms with Crippen LogP contribution < -0.4 is 14.4 Å². The highest BCUT2D eigenvalue weighted by atomic mass is 32.1. The molecule has 34 heavy (non-hydrogen) atoms. The molecule has 3 heterocycles. The number of benzene rings is 1. The molecule has 6 rings (SSSR count). The summed E-state index contributed by atoms with van der Waals surface area (Å²) in [7, 11) is 0. The van der Waals surface area contributed by atoms with Gasteiger partial charge in [-0.05, 0) is 60.8 Å². The van der Waals surface area contributed by atoms with Crippen molar-refractivity contribution in [1.82, 2.24) is 0 Å². The third kappa shape index (κ3) is 3.27. The number of amides is 1. The Hall–Kier alpha value is -3.11. The lowest BCUT2D eigenvalue weighted by atomic mass is 9.69. The van der Waals surface area contributed by atoms with E-state index < -0.39 is 0 Å². The number of hydrogen-bond donors (Lipinski definition) is 0. The third-order valence-corrected chi connectivity index (χ3v) is 8.69. The monoisotopic (exact) mass is 474 g/mol. The standard InChI is InChI=1S/C27H26N2O4S/c1-27(2)11-19-25(20(30)12-27)17(15-7-8-21-22(9-15)33-14-32-21)10-24(31)29(19)26-18(13-28)16-5-3-4-6-23(16)34-26/h7-9,17H,3-6,10-12,14H2,1-2H3. The van der Waals surface area contributed by atoms with Crippen molar-refractivity contribution in [2.24, 2.45) is 5.41 Å². The Morgan fingerprint density at radius 3 is 2.74 bits per heavy atom. The van der Waals surface area contributed by atoms with Gasteiger partial charge in [0.15, 0.2) is 17.3 Å². The molecule has 0 N–H and O–H groups in total. The summed E-state index contributed by atoms with van der Waals surface area (Å²) in [6.45, 7) is 4.33. The molecule has 0 bridgehead atoms. The maximum Gasteiger partial charge on any atom is 0.232 e. The molecular formula is C27H26N2O4S. The molecule has 174 valence electrons. The van der Waals surface area contributed by atoms with E-state index in [1.165, 1.54) is 4.88 Å². The largest absolute Gasteiger partial charge is 0.454 e. The second kappa shape index (κ2) is 7.71. The van der Waals surface area contributed by atoms with Crippen LogP contribution >= 0.6 is 11.3 Å². The van der Waals surface area contributed by atoms with Crippen molar-refractivity contribution in [3.05, 3.63) is 51.0 Å². The minimum absolute atomic E-state index is 0.0537. The number of hydrogen-bond acceptors (Lipinski definition) is 6. The molecule has 0 fully saturated rings. The molecule has 4 aliphatic rings. The van der Waals surface area contributed by atoms with Gasteiger partial charge in [0.05, 0.1) is 5.56 Å². The van der Waals surface area contributed by atoms with Crippen LogP contribution in [0, 0.1) is 16.7 Å². The summed E-state index contributed by atoms with van der Waals surface area (Å²) >= 11 is 1.57. The van der Waals surface area contributed by atoms with Gasteiger partial charge in [-0.2, -0.15) is 5.26 Å². The van der Waals surface area contributed by atoms with Gasteiger partial charge < -0.3 is 9.47 Å². The number of ketones is 1. The second-order valence-corrected chi connectivity index (χ2v) is 11.5. The van der Waals surface area contributed by atoms with Crippen molar-refractivity contribution in [3.63, 3.8) is 0 Å². The lowest BCUT2D eigenvalue weighted by Gasteiger charge is -2.42. The van der Waals surface area contributed by atoms with E-state index in [-0.39, 0.29) is 36.2 Å². The number of carbonyl (C=O) groups excluding carboxylic acids is 2. The lowest BCUT2D eigenvalue weighted by Crippen LogP contribution is -2.43. The Balaban J connectivity index is 1.53. The van der Waals surface area contributed by atoms with Crippen molar-refractivity contribution in [2.45, 2.75) is 64.7 Å². The van der Waals surface area contributed by atoms with Crippen LogP contribution in [0.25, 0.3) is 0 Å². The van der Waals surface area contributed by atoms with Crippen LogP contribution in [0.4, 0.5) is 5.00 Å². The summed E-state index contributed by atoms with van der Waals surface area (Å²) in [6, 6.07) is 8.09. The Bertz CT molecular complexity index is 1310. The fourth-order valence-electron chi connectivity index (χ4n) is 5.89. The van der Waals surface area contributed by atoms with Crippen molar-refractivity contribution in [3.8, 4) is 17.6 Å². The number of carbonyl (C=O) groups is 2. The topological polar surface area (TPSA) is 79.6 Å². The number of ether oxygens (including phenoxy) is 2. The molecule has 1 aromatic heterocycles. The summed E-state index contributed by atoms with van der Waals surface area (Å²) in [5.41, 5.74) is 3.85. The number of Topliss-reactive ketones (excluding diaryl/α,β-unsaturated/α-hetero) is 1. The zero-order valence-electron chi connectivity index (χ0n) is 19.4.